The van der Waals surface area contributed by atoms with E-state index in [0.717, 1.165) is 6.54 Å². The standard InChI is InChI=1S/C18H37N.ClH/c1-2-3-4-5-6-7-8-9-10-11-12-13-14-15-16-17-18-19;/h9-10H,2-8,11-19H2,1H3;1H. The molecule has 0 unspecified atom stereocenters. The summed E-state index contributed by atoms with van der Waals surface area (Å²) in [4.78, 5) is 0. The number of hydrogen-bond acceptors (Lipinski definition) is 1. The molecule has 0 amide bonds. The predicted octanol–water partition coefficient (Wildman–Crippen LogP) is 6.40. The van der Waals surface area contributed by atoms with E-state index in [-0.39, 0.29) is 12.4 Å². The van der Waals surface area contributed by atoms with Crippen molar-refractivity contribution in [1.29, 1.82) is 0 Å². The van der Waals surface area contributed by atoms with E-state index in [9.17, 15) is 0 Å². The molecule has 0 aromatic rings. The van der Waals surface area contributed by atoms with Crippen molar-refractivity contribution >= 4 is 12.4 Å². The van der Waals surface area contributed by atoms with Gasteiger partial charge in [0, 0.05) is 0 Å². The van der Waals surface area contributed by atoms with Gasteiger partial charge in [-0.1, -0.05) is 76.9 Å². The van der Waals surface area contributed by atoms with Crippen LogP contribution in [-0.4, -0.2) is 6.54 Å². The van der Waals surface area contributed by atoms with Crippen molar-refractivity contribution in [2.24, 2.45) is 5.73 Å². The molecule has 0 aliphatic heterocycles. The molecule has 0 atom stereocenters. The van der Waals surface area contributed by atoms with Gasteiger partial charge in [-0.25, -0.2) is 0 Å². The normalized spacial score (nSPS) is 10.9. The topological polar surface area (TPSA) is 26.0 Å². The van der Waals surface area contributed by atoms with Gasteiger partial charge in [0.25, 0.3) is 0 Å². The highest BCUT2D eigenvalue weighted by atomic mass is 35.5. The zero-order chi connectivity index (χ0) is 14.0. The van der Waals surface area contributed by atoms with Gasteiger partial charge in [-0.3, -0.25) is 0 Å². The highest BCUT2D eigenvalue weighted by molar-refractivity contribution is 5.85. The highest BCUT2D eigenvalue weighted by Crippen LogP contribution is 2.09. The van der Waals surface area contributed by atoms with Crippen LogP contribution in [0.3, 0.4) is 0 Å². The Balaban J connectivity index is 0. The molecule has 0 aliphatic carbocycles. The molecule has 1 nitrogen and oxygen atoms in total. The minimum atomic E-state index is 0. The molecule has 0 saturated carbocycles. The van der Waals surface area contributed by atoms with Crippen molar-refractivity contribution in [3.05, 3.63) is 12.2 Å². The van der Waals surface area contributed by atoms with Crippen molar-refractivity contribution in [2.75, 3.05) is 6.54 Å². The van der Waals surface area contributed by atoms with Gasteiger partial charge in [-0.05, 0) is 38.6 Å². The van der Waals surface area contributed by atoms with Gasteiger partial charge >= 0.3 is 0 Å². The van der Waals surface area contributed by atoms with E-state index >= 15 is 0 Å². The second kappa shape index (κ2) is 21.3. The van der Waals surface area contributed by atoms with Gasteiger partial charge in [-0.2, -0.15) is 0 Å². The third kappa shape index (κ3) is 20.3. The SMILES string of the molecule is CCCCCCCCC=CCCCCCCCCN.Cl. The third-order valence-electron chi connectivity index (χ3n) is 3.72. The molecule has 122 valence electrons. The van der Waals surface area contributed by atoms with Crippen molar-refractivity contribution in [3.63, 3.8) is 0 Å². The fourth-order valence-electron chi connectivity index (χ4n) is 2.39. The van der Waals surface area contributed by atoms with Gasteiger partial charge in [0.2, 0.25) is 0 Å². The number of rotatable bonds is 15. The molecule has 2 N–H and O–H groups in total. The molecule has 0 fully saturated rings. The molecule has 0 radical (unpaired) electrons. The Kier molecular flexibility index (Phi) is 23.7. The lowest BCUT2D eigenvalue weighted by molar-refractivity contribution is 0.599. The minimum absolute atomic E-state index is 0. The second-order valence-corrected chi connectivity index (χ2v) is 5.73. The molecule has 0 bridgehead atoms. The van der Waals surface area contributed by atoms with E-state index in [0.29, 0.717) is 0 Å². The van der Waals surface area contributed by atoms with E-state index in [2.05, 4.69) is 19.1 Å². The predicted molar refractivity (Wildman–Crippen MR) is 95.8 cm³/mol. The summed E-state index contributed by atoms with van der Waals surface area (Å²) in [5.74, 6) is 0. The lowest BCUT2D eigenvalue weighted by atomic mass is 10.1. The fourth-order valence-corrected chi connectivity index (χ4v) is 2.39. The van der Waals surface area contributed by atoms with Crippen molar-refractivity contribution in [1.82, 2.24) is 0 Å². The summed E-state index contributed by atoms with van der Waals surface area (Å²) in [6.07, 6.45) is 23.9. The van der Waals surface area contributed by atoms with Crippen LogP contribution in [0.15, 0.2) is 12.2 Å². The number of hydrogen-bond donors (Lipinski definition) is 1. The third-order valence-corrected chi connectivity index (χ3v) is 3.72. The number of allylic oxidation sites excluding steroid dienone is 2. The Bertz CT molecular complexity index is 180. The molecule has 0 aromatic heterocycles. The largest absolute Gasteiger partial charge is 0.330 e. The summed E-state index contributed by atoms with van der Waals surface area (Å²) in [5, 5.41) is 0. The first kappa shape index (κ1) is 22.3. The van der Waals surface area contributed by atoms with Crippen LogP contribution in [0.25, 0.3) is 0 Å². The smallest absolute Gasteiger partial charge is 0.00773 e. The van der Waals surface area contributed by atoms with E-state index in [4.69, 9.17) is 5.73 Å². The quantitative estimate of drug-likeness (QED) is 0.275. The Morgan fingerprint density at radius 1 is 0.600 bits per heavy atom. The van der Waals surface area contributed by atoms with E-state index in [1.54, 1.807) is 0 Å². The second-order valence-electron chi connectivity index (χ2n) is 5.73. The molecule has 0 spiro atoms. The fraction of sp³-hybridized carbons (Fsp3) is 0.889. The maximum atomic E-state index is 5.47. The first-order valence-electron chi connectivity index (χ1n) is 8.77. The maximum Gasteiger partial charge on any atom is -0.00773 e. The van der Waals surface area contributed by atoms with Crippen LogP contribution in [0.2, 0.25) is 0 Å². The maximum absolute atomic E-state index is 5.47. The number of nitrogens with two attached hydrogens (primary N) is 1. The summed E-state index contributed by atoms with van der Waals surface area (Å²) in [6.45, 7) is 3.14. The lowest BCUT2D eigenvalue weighted by Crippen LogP contribution is -1.97. The van der Waals surface area contributed by atoms with Crippen LogP contribution in [0, 0.1) is 0 Å². The van der Waals surface area contributed by atoms with Gasteiger partial charge in [0.15, 0.2) is 0 Å². The summed E-state index contributed by atoms with van der Waals surface area (Å²) in [7, 11) is 0. The molecule has 2 heteroatoms. The van der Waals surface area contributed by atoms with Crippen molar-refractivity contribution in [3.8, 4) is 0 Å². The zero-order valence-electron chi connectivity index (χ0n) is 13.7. The van der Waals surface area contributed by atoms with Crippen molar-refractivity contribution < 1.29 is 0 Å². The Labute approximate surface area is 134 Å². The first-order valence-corrected chi connectivity index (χ1v) is 8.77. The van der Waals surface area contributed by atoms with Gasteiger partial charge < -0.3 is 5.73 Å². The van der Waals surface area contributed by atoms with Crippen LogP contribution >= 0.6 is 12.4 Å². The van der Waals surface area contributed by atoms with Gasteiger partial charge in [0.1, 0.15) is 0 Å². The average molecular weight is 304 g/mol. The molecule has 0 aliphatic rings. The minimum Gasteiger partial charge on any atom is -0.330 e. The van der Waals surface area contributed by atoms with E-state index < -0.39 is 0 Å². The van der Waals surface area contributed by atoms with Crippen LogP contribution in [-0.2, 0) is 0 Å². The highest BCUT2D eigenvalue weighted by Gasteiger charge is 1.90. The first-order chi connectivity index (χ1) is 9.41. The summed E-state index contributed by atoms with van der Waals surface area (Å²) in [5.41, 5.74) is 5.47. The summed E-state index contributed by atoms with van der Waals surface area (Å²) >= 11 is 0. The summed E-state index contributed by atoms with van der Waals surface area (Å²) in [6, 6.07) is 0. The Morgan fingerprint density at radius 2 is 1.00 bits per heavy atom. The molecular weight excluding hydrogens is 266 g/mol. The van der Waals surface area contributed by atoms with Crippen LogP contribution in [0.1, 0.15) is 96.8 Å². The zero-order valence-corrected chi connectivity index (χ0v) is 14.6. The lowest BCUT2D eigenvalue weighted by Gasteiger charge is -1.99. The molecular formula is C18H38ClN. The Hall–Kier alpha value is -0.0100. The van der Waals surface area contributed by atoms with E-state index in [1.165, 1.54) is 89.9 Å². The van der Waals surface area contributed by atoms with Crippen LogP contribution < -0.4 is 5.73 Å². The Morgan fingerprint density at radius 3 is 1.45 bits per heavy atom. The molecule has 0 saturated heterocycles. The monoisotopic (exact) mass is 303 g/mol. The molecule has 20 heavy (non-hydrogen) atoms. The van der Waals surface area contributed by atoms with Gasteiger partial charge in [-0.15, -0.1) is 12.4 Å². The number of halogens is 1. The van der Waals surface area contributed by atoms with Crippen molar-refractivity contribution in [2.45, 2.75) is 96.8 Å². The molecule has 0 rings (SSSR count). The molecule has 0 heterocycles. The van der Waals surface area contributed by atoms with E-state index in [1.807, 2.05) is 0 Å². The van der Waals surface area contributed by atoms with Crippen LogP contribution in [0.4, 0.5) is 0 Å². The van der Waals surface area contributed by atoms with Gasteiger partial charge in [0.05, 0.1) is 0 Å². The van der Waals surface area contributed by atoms with Crippen LogP contribution in [0.5, 0.6) is 0 Å². The number of unbranched alkanes of at least 4 members (excludes halogenated alkanes) is 12. The average Bonchev–Trinajstić information content (AvgIpc) is 2.43. The molecule has 0 aromatic carbocycles. The summed E-state index contributed by atoms with van der Waals surface area (Å²) < 4.78 is 0.